The van der Waals surface area contributed by atoms with Crippen molar-refractivity contribution in [2.45, 2.75) is 284 Å². The molecule has 0 heterocycles. The van der Waals surface area contributed by atoms with Crippen LogP contribution in [0.3, 0.4) is 0 Å². The maximum atomic E-state index is 12.9. The Balaban J connectivity index is 4.32. The third kappa shape index (κ3) is 54.0. The summed E-state index contributed by atoms with van der Waals surface area (Å²) in [6.45, 7) is 7.68. The van der Waals surface area contributed by atoms with Crippen LogP contribution in [-0.2, 0) is 23.8 Å². The van der Waals surface area contributed by atoms with Crippen molar-refractivity contribution >= 4 is 11.9 Å². The summed E-state index contributed by atoms with van der Waals surface area (Å²) in [5, 5.41) is 0. The molecule has 0 radical (unpaired) electrons. The van der Waals surface area contributed by atoms with E-state index < -0.39 is 6.10 Å². The molecular weight excluding hydrogens is 813 g/mol. The molecule has 0 fully saturated rings. The number of rotatable bonds is 52. The average Bonchev–Trinajstić information content (AvgIpc) is 3.32. The summed E-state index contributed by atoms with van der Waals surface area (Å²) >= 11 is 0. The highest BCUT2D eigenvalue weighted by Gasteiger charge is 2.17. The molecule has 0 aromatic rings. The summed E-state index contributed by atoms with van der Waals surface area (Å²) in [4.78, 5) is 25.5. The lowest BCUT2D eigenvalue weighted by Crippen LogP contribution is -2.30. The minimum Gasteiger partial charge on any atom is -0.462 e. The molecule has 1 atom stereocenters. The van der Waals surface area contributed by atoms with E-state index in [4.69, 9.17) is 14.2 Å². The van der Waals surface area contributed by atoms with Gasteiger partial charge < -0.3 is 14.2 Å². The molecule has 0 bridgehead atoms. The largest absolute Gasteiger partial charge is 0.462 e. The van der Waals surface area contributed by atoms with Crippen LogP contribution >= 0.6 is 0 Å². The minimum absolute atomic E-state index is 0.0686. The topological polar surface area (TPSA) is 61.8 Å². The molecule has 382 valence electrons. The van der Waals surface area contributed by atoms with Crippen LogP contribution in [0.4, 0.5) is 0 Å². The Morgan fingerprint density at radius 3 is 1.12 bits per heavy atom. The maximum Gasteiger partial charge on any atom is 0.306 e. The first kappa shape index (κ1) is 63.3. The normalized spacial score (nSPS) is 12.7. The fraction of sp³-hybridized carbons (Fsp3) is 0.770. The Morgan fingerprint density at radius 2 is 0.682 bits per heavy atom. The Morgan fingerprint density at radius 1 is 0.348 bits per heavy atom. The van der Waals surface area contributed by atoms with Crippen LogP contribution in [0.15, 0.2) is 72.9 Å². The molecule has 0 rings (SSSR count). The number of unbranched alkanes of at least 4 members (excludes halogenated alkanes) is 29. The molecule has 5 heteroatoms. The highest BCUT2D eigenvalue weighted by atomic mass is 16.6. The molecule has 0 spiro atoms. The molecule has 5 nitrogen and oxygen atoms in total. The van der Waals surface area contributed by atoms with Gasteiger partial charge in [-0.2, -0.15) is 0 Å². The van der Waals surface area contributed by atoms with Crippen molar-refractivity contribution in [3.05, 3.63) is 72.9 Å². The van der Waals surface area contributed by atoms with Crippen LogP contribution in [0.2, 0.25) is 0 Å². The highest BCUT2D eigenvalue weighted by molar-refractivity contribution is 5.70. The number of ether oxygens (including phenoxy) is 3. The molecule has 0 N–H and O–H groups in total. The summed E-state index contributed by atoms with van der Waals surface area (Å²) in [7, 11) is 0. The van der Waals surface area contributed by atoms with Crippen molar-refractivity contribution in [2.75, 3.05) is 19.8 Å². The Hall–Kier alpha value is -2.66. The van der Waals surface area contributed by atoms with Gasteiger partial charge in [-0.3, -0.25) is 9.59 Å². The molecule has 0 aliphatic carbocycles. The molecule has 0 aliphatic heterocycles. The van der Waals surface area contributed by atoms with Gasteiger partial charge in [-0.25, -0.2) is 0 Å². The summed E-state index contributed by atoms with van der Waals surface area (Å²) in [6.07, 6.45) is 73.5. The smallest absolute Gasteiger partial charge is 0.306 e. The summed E-state index contributed by atoms with van der Waals surface area (Å²) in [5.74, 6) is -0.420. The van der Waals surface area contributed by atoms with E-state index in [0.717, 1.165) is 89.9 Å². The van der Waals surface area contributed by atoms with Crippen molar-refractivity contribution in [1.29, 1.82) is 0 Å². The monoisotopic (exact) mass is 921 g/mol. The minimum atomic E-state index is -0.553. The fourth-order valence-electron chi connectivity index (χ4n) is 8.00. The molecule has 0 amide bonds. The second kappa shape index (κ2) is 56.7. The molecular formula is C61H108O5. The van der Waals surface area contributed by atoms with Crippen molar-refractivity contribution in [3.63, 3.8) is 0 Å². The van der Waals surface area contributed by atoms with Gasteiger partial charge in [0.25, 0.3) is 0 Å². The van der Waals surface area contributed by atoms with Gasteiger partial charge in [0, 0.05) is 19.4 Å². The van der Waals surface area contributed by atoms with Crippen molar-refractivity contribution in [2.24, 2.45) is 0 Å². The van der Waals surface area contributed by atoms with Crippen molar-refractivity contribution < 1.29 is 23.8 Å². The summed E-state index contributed by atoms with van der Waals surface area (Å²) < 4.78 is 17.5. The molecule has 0 aromatic heterocycles. The van der Waals surface area contributed by atoms with Gasteiger partial charge in [-0.15, -0.1) is 0 Å². The quantitative estimate of drug-likeness (QED) is 0.0346. The zero-order valence-electron chi connectivity index (χ0n) is 44.0. The number of carbonyl (C=O) groups is 2. The van der Waals surface area contributed by atoms with Crippen LogP contribution in [0.1, 0.15) is 278 Å². The predicted octanol–water partition coefficient (Wildman–Crippen LogP) is 19.5. The van der Waals surface area contributed by atoms with Crippen LogP contribution < -0.4 is 0 Å². The van der Waals surface area contributed by atoms with Gasteiger partial charge in [-0.05, 0) is 89.9 Å². The van der Waals surface area contributed by atoms with E-state index in [1.54, 1.807) is 0 Å². The van der Waals surface area contributed by atoms with Crippen molar-refractivity contribution in [3.8, 4) is 0 Å². The first-order chi connectivity index (χ1) is 32.6. The zero-order chi connectivity index (χ0) is 47.7. The number of hydrogen-bond donors (Lipinski definition) is 0. The second-order valence-corrected chi connectivity index (χ2v) is 18.8. The third-order valence-corrected chi connectivity index (χ3v) is 12.2. The molecule has 66 heavy (non-hydrogen) atoms. The summed E-state index contributed by atoms with van der Waals surface area (Å²) in [5.41, 5.74) is 0. The van der Waals surface area contributed by atoms with E-state index in [1.807, 2.05) is 0 Å². The molecule has 0 aromatic carbocycles. The van der Waals surface area contributed by atoms with Gasteiger partial charge in [0.1, 0.15) is 6.61 Å². The Bertz CT molecular complexity index is 1180. The van der Waals surface area contributed by atoms with Crippen molar-refractivity contribution in [1.82, 2.24) is 0 Å². The lowest BCUT2D eigenvalue weighted by atomic mass is 10.0. The second-order valence-electron chi connectivity index (χ2n) is 18.8. The first-order valence-electron chi connectivity index (χ1n) is 28.5. The summed E-state index contributed by atoms with van der Waals surface area (Å²) in [6, 6.07) is 0. The lowest BCUT2D eigenvalue weighted by Gasteiger charge is -2.18. The standard InChI is InChI=1S/C61H108O5/c1-4-7-10-13-16-19-22-25-28-31-33-36-39-42-45-48-51-54-60(62)65-58-59(57-64-56-53-50-47-44-41-38-35-30-27-24-21-18-15-12-9-6-3)66-61(63)55-52-49-46-43-40-37-34-32-29-26-23-20-17-14-11-8-5-2/h7,10,16,18-19,21,25,27-28,30,33,36,59H,4-6,8-9,11-15,17,20,22-24,26,29,31-32,34-35,37-58H2,1-3H3/b10-7-,19-16-,21-18-,28-25-,30-27-,36-33-. The van der Waals surface area contributed by atoms with Gasteiger partial charge in [0.15, 0.2) is 6.10 Å². The number of esters is 2. The molecule has 0 aliphatic rings. The van der Waals surface area contributed by atoms with Crippen LogP contribution in [0.25, 0.3) is 0 Å². The van der Waals surface area contributed by atoms with Gasteiger partial charge in [0.2, 0.25) is 0 Å². The van der Waals surface area contributed by atoms with Crippen LogP contribution in [-0.4, -0.2) is 37.9 Å². The molecule has 0 saturated heterocycles. The maximum absolute atomic E-state index is 12.9. The molecule has 0 saturated carbocycles. The average molecular weight is 922 g/mol. The Labute approximate surface area is 410 Å². The number of carbonyl (C=O) groups excluding carboxylic acids is 2. The number of allylic oxidation sites excluding steroid dienone is 12. The SMILES string of the molecule is CC/C=C\C/C=C\C/C=C\C/C=C\CCCCCCC(=O)OCC(COCCCCCCCC/C=C\C/C=C\CCCCC)OC(=O)CCCCCCCCCCCCCCCCCCC. The highest BCUT2D eigenvalue weighted by Crippen LogP contribution is 2.16. The van der Waals surface area contributed by atoms with E-state index in [-0.39, 0.29) is 25.2 Å². The van der Waals surface area contributed by atoms with E-state index in [2.05, 4.69) is 93.7 Å². The third-order valence-electron chi connectivity index (χ3n) is 12.2. The first-order valence-corrected chi connectivity index (χ1v) is 28.5. The van der Waals surface area contributed by atoms with Gasteiger partial charge >= 0.3 is 11.9 Å². The van der Waals surface area contributed by atoms with E-state index >= 15 is 0 Å². The van der Waals surface area contributed by atoms with Gasteiger partial charge in [0.05, 0.1) is 6.61 Å². The van der Waals surface area contributed by atoms with Crippen LogP contribution in [0, 0.1) is 0 Å². The number of hydrogen-bond acceptors (Lipinski definition) is 5. The van der Waals surface area contributed by atoms with Crippen LogP contribution in [0.5, 0.6) is 0 Å². The Kier molecular flexibility index (Phi) is 54.4. The van der Waals surface area contributed by atoms with E-state index in [9.17, 15) is 9.59 Å². The van der Waals surface area contributed by atoms with E-state index in [1.165, 1.54) is 154 Å². The zero-order valence-corrected chi connectivity index (χ0v) is 44.0. The molecule has 1 unspecified atom stereocenters. The lowest BCUT2D eigenvalue weighted by molar-refractivity contribution is -0.163. The predicted molar refractivity (Wildman–Crippen MR) is 288 cm³/mol. The fourth-order valence-corrected chi connectivity index (χ4v) is 8.00. The van der Waals surface area contributed by atoms with Gasteiger partial charge in [-0.1, -0.05) is 248 Å². The van der Waals surface area contributed by atoms with E-state index in [0.29, 0.717) is 19.4 Å².